The molecule has 1 fully saturated rings. The molecule has 34 heavy (non-hydrogen) atoms. The number of aromatic nitrogens is 2. The minimum absolute atomic E-state index is 0.102. The number of carbonyl (C=O) groups excluding carboxylic acids is 2. The van der Waals surface area contributed by atoms with Crippen molar-refractivity contribution in [3.05, 3.63) is 29.2 Å². The zero-order chi connectivity index (χ0) is 25.5. The van der Waals surface area contributed by atoms with Gasteiger partial charge in [-0.3, -0.25) is 9.59 Å². The second-order valence-corrected chi connectivity index (χ2v) is 7.87. The molecule has 0 aromatic carbocycles. The third kappa shape index (κ3) is 5.39. The van der Waals surface area contributed by atoms with Crippen molar-refractivity contribution in [1.29, 1.82) is 0 Å². The van der Waals surface area contributed by atoms with E-state index in [1.807, 2.05) is 0 Å². The van der Waals surface area contributed by atoms with Crippen molar-refractivity contribution in [2.75, 3.05) is 26.2 Å². The summed E-state index contributed by atoms with van der Waals surface area (Å²) in [6.07, 6.45) is -11.0. The van der Waals surface area contributed by atoms with Crippen LogP contribution in [0.2, 0.25) is 0 Å². The SMILES string of the molecule is C[C@H]1CN(C[CH]CC(=O)N2CCc3c(nc(C(F)(F)C(F)(F)F)nc3C(F)(F)F)C2)C(=O)CO1. The maximum Gasteiger partial charge on any atom is 0.461 e. The van der Waals surface area contributed by atoms with E-state index in [1.165, 1.54) is 11.3 Å². The van der Waals surface area contributed by atoms with Crippen molar-refractivity contribution in [3.63, 3.8) is 0 Å². The molecule has 1 radical (unpaired) electrons. The molecular formula is C19H19F8N4O3. The van der Waals surface area contributed by atoms with Crippen LogP contribution in [-0.2, 0) is 39.4 Å². The maximum absolute atomic E-state index is 13.7. The highest BCUT2D eigenvalue weighted by Gasteiger charge is 2.62. The molecule has 1 aromatic heterocycles. The molecule has 1 saturated heterocycles. The highest BCUT2D eigenvalue weighted by molar-refractivity contribution is 5.79. The lowest BCUT2D eigenvalue weighted by molar-refractivity contribution is -0.293. The fourth-order valence-electron chi connectivity index (χ4n) is 3.56. The van der Waals surface area contributed by atoms with E-state index in [4.69, 9.17) is 4.74 Å². The van der Waals surface area contributed by atoms with Crippen molar-refractivity contribution in [3.8, 4) is 0 Å². The molecule has 1 aromatic rings. The number of alkyl halides is 8. The summed E-state index contributed by atoms with van der Waals surface area (Å²) in [6.45, 7) is 1.11. The average molecular weight is 503 g/mol. The monoisotopic (exact) mass is 503 g/mol. The molecule has 0 unspecified atom stereocenters. The normalized spacial score (nSPS) is 19.9. The van der Waals surface area contributed by atoms with Crippen molar-refractivity contribution in [2.24, 2.45) is 0 Å². The lowest BCUT2D eigenvalue weighted by Gasteiger charge is -2.32. The molecule has 3 heterocycles. The van der Waals surface area contributed by atoms with Gasteiger partial charge in [0.1, 0.15) is 6.61 Å². The Hall–Kier alpha value is -2.58. The van der Waals surface area contributed by atoms with E-state index >= 15 is 0 Å². The van der Waals surface area contributed by atoms with Gasteiger partial charge in [0.25, 0.3) is 0 Å². The summed E-state index contributed by atoms with van der Waals surface area (Å²) in [5, 5.41) is 0. The van der Waals surface area contributed by atoms with Crippen molar-refractivity contribution < 1.29 is 49.4 Å². The smallest absolute Gasteiger partial charge is 0.367 e. The third-order valence-electron chi connectivity index (χ3n) is 5.31. The summed E-state index contributed by atoms with van der Waals surface area (Å²) in [4.78, 5) is 32.3. The molecule has 2 aliphatic heterocycles. The average Bonchev–Trinajstić information content (AvgIpc) is 2.73. The molecule has 0 aliphatic carbocycles. The second-order valence-electron chi connectivity index (χ2n) is 7.87. The van der Waals surface area contributed by atoms with E-state index in [1.54, 1.807) is 6.92 Å². The molecule has 3 rings (SSSR count). The lowest BCUT2D eigenvalue weighted by atomic mass is 10.0. The van der Waals surface area contributed by atoms with E-state index in [0.717, 1.165) is 4.90 Å². The van der Waals surface area contributed by atoms with Gasteiger partial charge in [0.15, 0.2) is 5.69 Å². The predicted octanol–water partition coefficient (Wildman–Crippen LogP) is 2.88. The molecule has 2 aliphatic rings. The van der Waals surface area contributed by atoms with Crippen LogP contribution in [0.5, 0.6) is 0 Å². The van der Waals surface area contributed by atoms with Gasteiger partial charge in [0.05, 0.1) is 18.3 Å². The Labute approximate surface area is 188 Å². The van der Waals surface area contributed by atoms with Crippen LogP contribution in [0, 0.1) is 6.42 Å². The summed E-state index contributed by atoms with van der Waals surface area (Å²) in [6, 6.07) is 0. The zero-order valence-corrected chi connectivity index (χ0v) is 17.6. The van der Waals surface area contributed by atoms with E-state index < -0.39 is 59.9 Å². The zero-order valence-electron chi connectivity index (χ0n) is 17.6. The van der Waals surface area contributed by atoms with Gasteiger partial charge < -0.3 is 14.5 Å². The Kier molecular flexibility index (Phi) is 7.06. The van der Waals surface area contributed by atoms with Gasteiger partial charge in [-0.05, 0) is 19.8 Å². The lowest BCUT2D eigenvalue weighted by Crippen LogP contribution is -2.46. The molecular weight excluding hydrogens is 484 g/mol. The van der Waals surface area contributed by atoms with Crippen LogP contribution in [0.1, 0.15) is 36.1 Å². The van der Waals surface area contributed by atoms with Gasteiger partial charge >= 0.3 is 18.3 Å². The standard InChI is InChI=1S/C19H19F8N4O3/c1-10-7-30(14(33)9-34-10)5-2-3-13(32)31-6-4-11-12(8-31)28-16(17(20,21)19(25,26)27)29-15(11)18(22,23)24/h2,10H,3-9H2,1H3/t10-/m0/s1. The highest BCUT2D eigenvalue weighted by Crippen LogP contribution is 2.44. The molecule has 189 valence electrons. The predicted molar refractivity (Wildman–Crippen MR) is 97.0 cm³/mol. The van der Waals surface area contributed by atoms with Crippen LogP contribution in [-0.4, -0.2) is 70.1 Å². The number of amides is 2. The number of hydrogen-bond donors (Lipinski definition) is 0. The number of carbonyl (C=O) groups is 2. The van der Waals surface area contributed by atoms with Crippen LogP contribution < -0.4 is 0 Å². The first-order chi connectivity index (χ1) is 15.6. The Morgan fingerprint density at radius 1 is 1.15 bits per heavy atom. The molecule has 7 nitrogen and oxygen atoms in total. The topological polar surface area (TPSA) is 75.6 Å². The largest absolute Gasteiger partial charge is 0.461 e. The maximum atomic E-state index is 13.7. The van der Waals surface area contributed by atoms with E-state index in [-0.39, 0.29) is 38.1 Å². The summed E-state index contributed by atoms with van der Waals surface area (Å²) < 4.78 is 111. The van der Waals surface area contributed by atoms with E-state index in [9.17, 15) is 44.7 Å². The minimum Gasteiger partial charge on any atom is -0.367 e. The van der Waals surface area contributed by atoms with Crippen molar-refractivity contribution in [2.45, 2.75) is 50.7 Å². The Bertz CT molecular complexity index is 951. The van der Waals surface area contributed by atoms with Crippen LogP contribution in [0.3, 0.4) is 0 Å². The Morgan fingerprint density at radius 2 is 1.82 bits per heavy atom. The van der Waals surface area contributed by atoms with Gasteiger partial charge in [-0.1, -0.05) is 0 Å². The number of halogens is 8. The van der Waals surface area contributed by atoms with Gasteiger partial charge in [-0.25, -0.2) is 9.97 Å². The van der Waals surface area contributed by atoms with Crippen LogP contribution in [0.15, 0.2) is 0 Å². The minimum atomic E-state index is -6.21. The molecule has 0 bridgehead atoms. The number of morpholine rings is 1. The summed E-state index contributed by atoms with van der Waals surface area (Å²) >= 11 is 0. The number of ether oxygens (including phenoxy) is 1. The highest BCUT2D eigenvalue weighted by atomic mass is 19.4. The number of rotatable bonds is 5. The fourth-order valence-corrected chi connectivity index (χ4v) is 3.56. The molecule has 15 heteroatoms. The summed E-state index contributed by atoms with van der Waals surface area (Å²) in [7, 11) is 0. The first-order valence-electron chi connectivity index (χ1n) is 10.0. The fraction of sp³-hybridized carbons (Fsp3) is 0.632. The van der Waals surface area contributed by atoms with E-state index in [0.29, 0.717) is 6.54 Å². The molecule has 1 atom stereocenters. The van der Waals surface area contributed by atoms with Crippen LogP contribution >= 0.6 is 0 Å². The molecule has 2 amide bonds. The van der Waals surface area contributed by atoms with Gasteiger partial charge in [-0.15, -0.1) is 0 Å². The van der Waals surface area contributed by atoms with E-state index in [2.05, 4.69) is 9.97 Å². The molecule has 0 N–H and O–H groups in total. The summed E-state index contributed by atoms with van der Waals surface area (Å²) in [5.41, 5.74) is -3.23. The second kappa shape index (κ2) is 9.23. The Morgan fingerprint density at radius 3 is 2.44 bits per heavy atom. The van der Waals surface area contributed by atoms with Crippen molar-refractivity contribution >= 4 is 11.8 Å². The molecule has 0 saturated carbocycles. The number of hydrogen-bond acceptors (Lipinski definition) is 5. The first-order valence-corrected chi connectivity index (χ1v) is 10.0. The quantitative estimate of drug-likeness (QED) is 0.578. The first kappa shape index (κ1) is 26.0. The van der Waals surface area contributed by atoms with Gasteiger partial charge in [-0.2, -0.15) is 35.1 Å². The molecule has 0 spiro atoms. The van der Waals surface area contributed by atoms with Crippen LogP contribution in [0.4, 0.5) is 35.1 Å². The third-order valence-corrected chi connectivity index (χ3v) is 5.31. The Balaban J connectivity index is 1.76. The van der Waals surface area contributed by atoms with Gasteiger partial charge in [0.2, 0.25) is 17.6 Å². The summed E-state index contributed by atoms with van der Waals surface area (Å²) in [5.74, 6) is -8.95. The number of nitrogens with zero attached hydrogens (tertiary/aromatic N) is 4. The van der Waals surface area contributed by atoms with Gasteiger partial charge in [0, 0.05) is 31.6 Å². The van der Waals surface area contributed by atoms with Crippen molar-refractivity contribution in [1.82, 2.24) is 19.8 Å². The van der Waals surface area contributed by atoms with Crippen LogP contribution in [0.25, 0.3) is 0 Å². The number of fused-ring (bicyclic) bond motifs is 1.